The van der Waals surface area contributed by atoms with Crippen LogP contribution in [0.2, 0.25) is 0 Å². The lowest BCUT2D eigenvalue weighted by Gasteiger charge is -2.28. The smallest absolute Gasteiger partial charge is 0.211 e. The molecule has 0 saturated heterocycles. The number of benzene rings is 4. The molecule has 4 aromatic carbocycles. The van der Waals surface area contributed by atoms with Gasteiger partial charge in [0, 0.05) is 23.5 Å². The van der Waals surface area contributed by atoms with E-state index in [1.54, 1.807) is 19.2 Å². The van der Waals surface area contributed by atoms with E-state index in [0.29, 0.717) is 24.8 Å². The lowest BCUT2D eigenvalue weighted by Crippen LogP contribution is -2.35. The summed E-state index contributed by atoms with van der Waals surface area (Å²) in [5, 5.41) is 27.0. The second-order valence-electron chi connectivity index (χ2n) is 8.83. The maximum atomic E-state index is 11.2. The highest BCUT2D eigenvalue weighted by Gasteiger charge is 2.28. The van der Waals surface area contributed by atoms with Crippen molar-refractivity contribution >= 4 is 23.5 Å². The molecule has 7 nitrogen and oxygen atoms in total. The predicted molar refractivity (Wildman–Crippen MR) is 147 cm³/mol. The monoisotopic (exact) mass is 497 g/mol. The Labute approximate surface area is 216 Å². The molecule has 0 radical (unpaired) electrons. The number of amides is 1. The molecule has 0 heterocycles. The van der Waals surface area contributed by atoms with Gasteiger partial charge in [-0.05, 0) is 72.0 Å². The molecule has 0 aliphatic rings. The van der Waals surface area contributed by atoms with Crippen molar-refractivity contribution in [3.05, 3.63) is 102 Å². The van der Waals surface area contributed by atoms with E-state index in [1.807, 2.05) is 54.6 Å². The molecule has 0 fully saturated rings. The van der Waals surface area contributed by atoms with Crippen LogP contribution in [-0.4, -0.2) is 30.3 Å². The van der Waals surface area contributed by atoms with Gasteiger partial charge >= 0.3 is 0 Å². The zero-order valence-corrected chi connectivity index (χ0v) is 20.6. The number of phenols is 1. The standard InChI is InChI=1S/C30H31N3O4/c1-37-29-14-12-25(18-26(29)22-5-3-2-4-6-22)33-24-10-7-21(8-11-24)15-16-30(36,19-31)23-9-13-28(35)27(17-23)32-20-34/h2-14,17-18,20,33,35-36H,15-16,19,31H2,1H3,(H,32,34). The van der Waals surface area contributed by atoms with Crippen molar-refractivity contribution in [2.24, 2.45) is 5.73 Å². The molecule has 190 valence electrons. The van der Waals surface area contributed by atoms with Gasteiger partial charge in [-0.15, -0.1) is 0 Å². The second-order valence-corrected chi connectivity index (χ2v) is 8.83. The first-order valence-corrected chi connectivity index (χ1v) is 12.0. The summed E-state index contributed by atoms with van der Waals surface area (Å²) in [6.07, 6.45) is 1.44. The molecule has 37 heavy (non-hydrogen) atoms. The normalized spacial score (nSPS) is 12.4. The minimum Gasteiger partial charge on any atom is -0.506 e. The Kier molecular flexibility index (Phi) is 8.08. The SMILES string of the molecule is COc1ccc(Nc2ccc(CCC(O)(CN)c3ccc(O)c(NC=O)c3)cc2)cc1-c1ccccc1. The summed E-state index contributed by atoms with van der Waals surface area (Å²) in [7, 11) is 1.67. The zero-order chi connectivity index (χ0) is 26.3. The molecule has 0 aliphatic heterocycles. The first-order valence-electron chi connectivity index (χ1n) is 12.0. The number of hydrogen-bond acceptors (Lipinski definition) is 6. The summed E-state index contributed by atoms with van der Waals surface area (Å²) in [6.45, 7) is -0.000832. The number of ether oxygens (including phenoxy) is 1. The fraction of sp³-hybridized carbons (Fsp3) is 0.167. The second kappa shape index (κ2) is 11.6. The summed E-state index contributed by atoms with van der Waals surface area (Å²) in [4.78, 5) is 10.8. The van der Waals surface area contributed by atoms with Crippen molar-refractivity contribution in [1.29, 1.82) is 0 Å². The quantitative estimate of drug-likeness (QED) is 0.144. The molecule has 6 N–H and O–H groups in total. The molecule has 4 rings (SSSR count). The van der Waals surface area contributed by atoms with Crippen molar-refractivity contribution in [3.63, 3.8) is 0 Å². The van der Waals surface area contributed by atoms with E-state index in [2.05, 4.69) is 28.8 Å². The van der Waals surface area contributed by atoms with Crippen molar-refractivity contribution < 1.29 is 19.7 Å². The molecule has 0 aliphatic carbocycles. The maximum absolute atomic E-state index is 11.2. The number of carbonyl (C=O) groups excluding carboxylic acids is 1. The van der Waals surface area contributed by atoms with E-state index in [4.69, 9.17) is 10.5 Å². The molecule has 1 atom stereocenters. The summed E-state index contributed by atoms with van der Waals surface area (Å²) < 4.78 is 5.55. The number of rotatable bonds is 11. The van der Waals surface area contributed by atoms with Gasteiger partial charge in [-0.1, -0.05) is 48.5 Å². The molecule has 1 unspecified atom stereocenters. The molecule has 1 amide bonds. The summed E-state index contributed by atoms with van der Waals surface area (Å²) in [5.41, 5.74) is 10.4. The zero-order valence-electron chi connectivity index (χ0n) is 20.6. The Morgan fingerprint density at radius 3 is 2.35 bits per heavy atom. The van der Waals surface area contributed by atoms with Crippen LogP contribution in [-0.2, 0) is 16.8 Å². The third-order valence-corrected chi connectivity index (χ3v) is 6.44. The third-order valence-electron chi connectivity index (χ3n) is 6.44. The molecular weight excluding hydrogens is 466 g/mol. The highest BCUT2D eigenvalue weighted by atomic mass is 16.5. The Hall–Kier alpha value is -4.33. The van der Waals surface area contributed by atoms with Crippen LogP contribution >= 0.6 is 0 Å². The van der Waals surface area contributed by atoms with E-state index in [0.717, 1.165) is 33.8 Å². The Balaban J connectivity index is 1.45. The van der Waals surface area contributed by atoms with Gasteiger partial charge in [-0.3, -0.25) is 4.79 Å². The van der Waals surface area contributed by atoms with Gasteiger partial charge in [0.15, 0.2) is 0 Å². The van der Waals surface area contributed by atoms with Crippen LogP contribution in [0, 0.1) is 0 Å². The van der Waals surface area contributed by atoms with Crippen LogP contribution in [0.5, 0.6) is 11.5 Å². The first kappa shape index (κ1) is 25.8. The van der Waals surface area contributed by atoms with Gasteiger partial charge in [0.05, 0.1) is 12.8 Å². The number of carbonyl (C=O) groups is 1. The number of anilines is 3. The average molecular weight is 498 g/mol. The van der Waals surface area contributed by atoms with Crippen molar-refractivity contribution in [2.45, 2.75) is 18.4 Å². The van der Waals surface area contributed by atoms with Crippen LogP contribution in [0.4, 0.5) is 17.1 Å². The number of aryl methyl sites for hydroxylation is 1. The average Bonchev–Trinajstić information content (AvgIpc) is 2.94. The summed E-state index contributed by atoms with van der Waals surface area (Å²) in [5.74, 6) is 0.730. The third kappa shape index (κ3) is 6.09. The van der Waals surface area contributed by atoms with E-state index >= 15 is 0 Å². The Morgan fingerprint density at radius 1 is 0.946 bits per heavy atom. The number of hydrogen-bond donors (Lipinski definition) is 5. The fourth-order valence-corrected chi connectivity index (χ4v) is 4.27. The van der Waals surface area contributed by atoms with Gasteiger partial charge in [0.2, 0.25) is 6.41 Å². The fourth-order valence-electron chi connectivity index (χ4n) is 4.27. The van der Waals surface area contributed by atoms with Crippen molar-refractivity contribution in [1.82, 2.24) is 0 Å². The lowest BCUT2D eigenvalue weighted by molar-refractivity contribution is -0.105. The highest BCUT2D eigenvalue weighted by Crippen LogP contribution is 2.34. The molecule has 0 aromatic heterocycles. The molecular formula is C30H31N3O4. The topological polar surface area (TPSA) is 117 Å². The molecule has 0 spiro atoms. The minimum absolute atomic E-state index is 0.000832. The largest absolute Gasteiger partial charge is 0.506 e. The number of nitrogens with two attached hydrogens (primary N) is 1. The number of aliphatic hydroxyl groups is 1. The van der Waals surface area contributed by atoms with Gasteiger partial charge in [-0.2, -0.15) is 0 Å². The van der Waals surface area contributed by atoms with Crippen LogP contribution in [0.15, 0.2) is 91.0 Å². The van der Waals surface area contributed by atoms with E-state index < -0.39 is 5.60 Å². The Morgan fingerprint density at radius 2 is 1.68 bits per heavy atom. The highest BCUT2D eigenvalue weighted by molar-refractivity contribution is 5.77. The maximum Gasteiger partial charge on any atom is 0.211 e. The molecule has 0 bridgehead atoms. The Bertz CT molecular complexity index is 1340. The molecule has 7 heteroatoms. The number of aromatic hydroxyl groups is 1. The number of methoxy groups -OCH3 is 1. The van der Waals surface area contributed by atoms with Crippen LogP contribution < -0.4 is 21.1 Å². The molecule has 0 saturated carbocycles. The van der Waals surface area contributed by atoms with Gasteiger partial charge < -0.3 is 31.3 Å². The number of phenolic OH excluding ortho intramolecular Hbond substituents is 1. The van der Waals surface area contributed by atoms with E-state index in [1.165, 1.54) is 6.07 Å². The van der Waals surface area contributed by atoms with Crippen molar-refractivity contribution in [3.8, 4) is 22.6 Å². The summed E-state index contributed by atoms with van der Waals surface area (Å²) >= 11 is 0. The molecule has 4 aromatic rings. The number of nitrogens with one attached hydrogen (secondary N) is 2. The van der Waals surface area contributed by atoms with Gasteiger partial charge in [0.1, 0.15) is 17.1 Å². The van der Waals surface area contributed by atoms with Crippen LogP contribution in [0.25, 0.3) is 11.1 Å². The minimum atomic E-state index is -1.30. The lowest BCUT2D eigenvalue weighted by atomic mass is 9.87. The first-order chi connectivity index (χ1) is 18.0. The van der Waals surface area contributed by atoms with Crippen LogP contribution in [0.1, 0.15) is 17.5 Å². The van der Waals surface area contributed by atoms with E-state index in [-0.39, 0.29) is 18.0 Å². The van der Waals surface area contributed by atoms with E-state index in [9.17, 15) is 15.0 Å². The van der Waals surface area contributed by atoms with Gasteiger partial charge in [-0.25, -0.2) is 0 Å². The summed E-state index contributed by atoms with van der Waals surface area (Å²) in [6, 6.07) is 28.7. The van der Waals surface area contributed by atoms with Gasteiger partial charge in [0.25, 0.3) is 0 Å². The van der Waals surface area contributed by atoms with Crippen LogP contribution in [0.3, 0.4) is 0 Å². The predicted octanol–water partition coefficient (Wildman–Crippen LogP) is 5.16. The van der Waals surface area contributed by atoms with Crippen molar-refractivity contribution in [2.75, 3.05) is 24.3 Å².